The second-order valence-corrected chi connectivity index (χ2v) is 6.33. The normalized spacial score (nSPS) is 14.8. The smallest absolute Gasteiger partial charge is 0.0825 e. The molecule has 2 unspecified atom stereocenters. The lowest BCUT2D eigenvalue weighted by Crippen LogP contribution is -2.41. The van der Waals surface area contributed by atoms with Crippen molar-refractivity contribution in [1.82, 2.24) is 4.90 Å². The fourth-order valence-electron chi connectivity index (χ4n) is 1.62. The summed E-state index contributed by atoms with van der Waals surface area (Å²) in [6.07, 6.45) is 0.223. The maximum Gasteiger partial charge on any atom is 0.0825 e. The highest BCUT2D eigenvalue weighted by Crippen LogP contribution is 2.27. The third-order valence-corrected chi connectivity index (χ3v) is 4.94. The number of benzene rings is 1. The highest BCUT2D eigenvalue weighted by Gasteiger charge is 2.18. The van der Waals surface area contributed by atoms with Crippen LogP contribution >= 0.6 is 43.5 Å². The number of alkyl halides is 1. The minimum Gasteiger partial charge on any atom is -0.369 e. The van der Waals surface area contributed by atoms with Gasteiger partial charge in [-0.3, -0.25) is 4.90 Å². The Hall–Kier alpha value is 0.230. The van der Waals surface area contributed by atoms with Gasteiger partial charge in [-0.05, 0) is 64.2 Å². The third-order valence-electron chi connectivity index (χ3n) is 2.57. The maximum absolute atomic E-state index is 5.93. The lowest BCUT2D eigenvalue weighted by Gasteiger charge is -2.30. The minimum atomic E-state index is 0.223. The molecule has 0 spiro atoms. The number of rotatable bonds is 5. The Morgan fingerprint density at radius 2 is 1.94 bits per heavy atom. The van der Waals surface area contributed by atoms with Crippen molar-refractivity contribution in [3.8, 4) is 0 Å². The summed E-state index contributed by atoms with van der Waals surface area (Å²) in [6, 6.07) is 6.12. The van der Waals surface area contributed by atoms with E-state index in [-0.39, 0.29) is 6.17 Å². The van der Waals surface area contributed by atoms with Gasteiger partial charge in [0.2, 0.25) is 0 Å². The maximum atomic E-state index is 5.93. The van der Waals surface area contributed by atoms with Crippen LogP contribution in [0.5, 0.6) is 0 Å². The van der Waals surface area contributed by atoms with Crippen molar-refractivity contribution < 1.29 is 0 Å². The number of halogens is 3. The van der Waals surface area contributed by atoms with E-state index in [1.54, 1.807) is 0 Å². The topological polar surface area (TPSA) is 15.3 Å². The lowest BCUT2D eigenvalue weighted by atomic mass is 10.1. The Kier molecular flexibility index (Phi) is 6.27. The van der Waals surface area contributed by atoms with Gasteiger partial charge in [-0.1, -0.05) is 6.92 Å². The number of hydrogen-bond donors (Lipinski definition) is 1. The van der Waals surface area contributed by atoms with Gasteiger partial charge in [0, 0.05) is 26.4 Å². The average molecular weight is 385 g/mol. The van der Waals surface area contributed by atoms with E-state index in [2.05, 4.69) is 69.2 Å². The zero-order valence-corrected chi connectivity index (χ0v) is 14.1. The van der Waals surface area contributed by atoms with Gasteiger partial charge >= 0.3 is 0 Å². The van der Waals surface area contributed by atoms with E-state index >= 15 is 0 Å². The molecular weight excluding hydrogens is 367 g/mol. The van der Waals surface area contributed by atoms with Crippen molar-refractivity contribution in [1.29, 1.82) is 0 Å². The molecule has 0 saturated carbocycles. The molecule has 0 aliphatic heterocycles. The molecule has 0 aromatic heterocycles. The van der Waals surface area contributed by atoms with E-state index in [1.165, 1.54) is 0 Å². The van der Waals surface area contributed by atoms with Crippen LogP contribution < -0.4 is 5.32 Å². The molecule has 1 aromatic rings. The van der Waals surface area contributed by atoms with Crippen molar-refractivity contribution >= 4 is 49.1 Å². The number of nitrogens with one attached hydrogen (secondary N) is 1. The van der Waals surface area contributed by atoms with Crippen LogP contribution in [0.4, 0.5) is 5.69 Å². The predicted octanol–water partition coefficient (Wildman–Crippen LogP) is 4.39. The van der Waals surface area contributed by atoms with Crippen LogP contribution in [0.15, 0.2) is 27.1 Å². The molecule has 0 saturated heterocycles. The molecule has 17 heavy (non-hydrogen) atoms. The van der Waals surface area contributed by atoms with Crippen LogP contribution in [0.2, 0.25) is 0 Å². The molecule has 0 fully saturated rings. The zero-order chi connectivity index (χ0) is 13.0. The Labute approximate surface area is 125 Å². The Balaban J connectivity index is 2.82. The highest BCUT2D eigenvalue weighted by molar-refractivity contribution is 9.13. The van der Waals surface area contributed by atoms with Crippen LogP contribution in [0, 0.1) is 5.92 Å². The van der Waals surface area contributed by atoms with E-state index in [9.17, 15) is 0 Å². The molecule has 2 nitrogen and oxygen atoms in total. The Morgan fingerprint density at radius 1 is 1.29 bits per heavy atom. The molecule has 0 radical (unpaired) electrons. The van der Waals surface area contributed by atoms with Crippen LogP contribution in [0.3, 0.4) is 0 Å². The van der Waals surface area contributed by atoms with Crippen molar-refractivity contribution in [2.45, 2.75) is 13.1 Å². The summed E-state index contributed by atoms with van der Waals surface area (Å²) in [5.74, 6) is 1.00. The Morgan fingerprint density at radius 3 is 2.41 bits per heavy atom. The van der Waals surface area contributed by atoms with Gasteiger partial charge in [0.25, 0.3) is 0 Å². The summed E-state index contributed by atoms with van der Waals surface area (Å²) in [5, 5.41) is 3.49. The molecule has 1 N–H and O–H groups in total. The molecule has 2 atom stereocenters. The summed E-state index contributed by atoms with van der Waals surface area (Å²) < 4.78 is 2.09. The van der Waals surface area contributed by atoms with Crippen molar-refractivity contribution in [2.75, 3.05) is 25.3 Å². The monoisotopic (exact) mass is 382 g/mol. The summed E-state index contributed by atoms with van der Waals surface area (Å²) in [5.41, 5.74) is 1.08. The fraction of sp³-hybridized carbons (Fsp3) is 0.500. The van der Waals surface area contributed by atoms with Crippen molar-refractivity contribution in [3.63, 3.8) is 0 Å². The summed E-state index contributed by atoms with van der Waals surface area (Å²) >= 11 is 12.9. The quantitative estimate of drug-likeness (QED) is 0.598. The summed E-state index contributed by atoms with van der Waals surface area (Å²) in [7, 11) is 4.10. The van der Waals surface area contributed by atoms with Gasteiger partial charge in [-0.2, -0.15) is 0 Å². The second kappa shape index (κ2) is 6.98. The van der Waals surface area contributed by atoms with Gasteiger partial charge < -0.3 is 5.32 Å². The molecule has 5 heteroatoms. The van der Waals surface area contributed by atoms with E-state index in [0.717, 1.165) is 14.6 Å². The third kappa shape index (κ3) is 4.43. The molecule has 0 aliphatic rings. The first-order chi connectivity index (χ1) is 7.95. The largest absolute Gasteiger partial charge is 0.369 e. The SMILES string of the molecule is CC(CCl)C(Nc1ccc(Br)c(Br)c1)N(C)C. The van der Waals surface area contributed by atoms with Gasteiger partial charge in [-0.25, -0.2) is 0 Å². The zero-order valence-electron chi connectivity index (χ0n) is 10.2. The number of nitrogens with zero attached hydrogens (tertiary/aromatic N) is 1. The van der Waals surface area contributed by atoms with Gasteiger partial charge in [0.15, 0.2) is 0 Å². The number of hydrogen-bond acceptors (Lipinski definition) is 2. The molecular formula is C12H17Br2ClN2. The standard InChI is InChI=1S/C12H17Br2ClN2/c1-8(7-15)12(17(2)3)16-9-4-5-10(13)11(14)6-9/h4-6,8,12,16H,7H2,1-3H3. The lowest BCUT2D eigenvalue weighted by molar-refractivity contribution is 0.261. The molecule has 96 valence electrons. The van der Waals surface area contributed by atoms with Crippen LogP contribution in [0.1, 0.15) is 6.92 Å². The molecule has 1 aromatic carbocycles. The Bertz CT molecular complexity index is 372. The fourth-order valence-corrected chi connectivity index (χ4v) is 2.42. The average Bonchev–Trinajstić information content (AvgIpc) is 2.29. The van der Waals surface area contributed by atoms with Crippen LogP contribution in [0.25, 0.3) is 0 Å². The van der Waals surface area contributed by atoms with Crippen LogP contribution in [-0.4, -0.2) is 31.0 Å². The summed E-state index contributed by atoms with van der Waals surface area (Å²) in [4.78, 5) is 2.14. The van der Waals surface area contributed by atoms with E-state index in [0.29, 0.717) is 11.8 Å². The van der Waals surface area contributed by atoms with Crippen molar-refractivity contribution in [2.24, 2.45) is 5.92 Å². The minimum absolute atomic E-state index is 0.223. The van der Waals surface area contributed by atoms with Gasteiger partial charge in [0.05, 0.1) is 6.17 Å². The molecule has 1 rings (SSSR count). The first kappa shape index (κ1) is 15.3. The van der Waals surface area contributed by atoms with Crippen LogP contribution in [-0.2, 0) is 0 Å². The van der Waals surface area contributed by atoms with E-state index in [4.69, 9.17) is 11.6 Å². The predicted molar refractivity (Wildman–Crippen MR) is 82.8 cm³/mol. The highest BCUT2D eigenvalue weighted by atomic mass is 79.9. The van der Waals surface area contributed by atoms with Gasteiger partial charge in [-0.15, -0.1) is 11.6 Å². The van der Waals surface area contributed by atoms with Gasteiger partial charge in [0.1, 0.15) is 0 Å². The summed E-state index contributed by atoms with van der Waals surface area (Å²) in [6.45, 7) is 2.14. The first-order valence-corrected chi connectivity index (χ1v) is 7.51. The molecule has 0 aliphatic carbocycles. The van der Waals surface area contributed by atoms with Crippen molar-refractivity contribution in [3.05, 3.63) is 27.1 Å². The second-order valence-electron chi connectivity index (χ2n) is 4.31. The van der Waals surface area contributed by atoms with E-state index < -0.39 is 0 Å². The molecule has 0 amide bonds. The first-order valence-electron chi connectivity index (χ1n) is 5.39. The molecule has 0 heterocycles. The van der Waals surface area contributed by atoms with E-state index in [1.807, 2.05) is 12.1 Å². The number of anilines is 1. The molecule has 0 bridgehead atoms.